The van der Waals surface area contributed by atoms with Gasteiger partial charge in [0.1, 0.15) is 41.0 Å². The number of hydrogen-bond acceptors (Lipinski definition) is 6. The zero-order valence-electron chi connectivity index (χ0n) is 27.0. The molecule has 51 heavy (non-hydrogen) atoms. The third kappa shape index (κ3) is 7.51. The van der Waals surface area contributed by atoms with Gasteiger partial charge >= 0.3 is 6.18 Å². The van der Waals surface area contributed by atoms with Crippen molar-refractivity contribution in [1.29, 1.82) is 0 Å². The van der Waals surface area contributed by atoms with E-state index in [1.807, 2.05) is 0 Å². The fourth-order valence-electron chi connectivity index (χ4n) is 6.16. The molecule has 2 aromatic carbocycles. The van der Waals surface area contributed by atoms with Gasteiger partial charge in [0.05, 0.1) is 11.7 Å². The van der Waals surface area contributed by atoms with Gasteiger partial charge in [-0.1, -0.05) is 24.1 Å². The summed E-state index contributed by atoms with van der Waals surface area (Å²) in [6, 6.07) is 11.5. The average molecular weight is 711 g/mol. The lowest BCUT2D eigenvalue weighted by molar-refractivity contribution is -0.142. The monoisotopic (exact) mass is 710 g/mol. The van der Waals surface area contributed by atoms with Gasteiger partial charge < -0.3 is 16.2 Å². The normalized spacial score (nSPS) is 14.5. The van der Waals surface area contributed by atoms with Crippen molar-refractivity contribution in [2.45, 2.75) is 63.4 Å². The van der Waals surface area contributed by atoms with Gasteiger partial charge in [-0.05, 0) is 79.5 Å². The van der Waals surface area contributed by atoms with E-state index in [-0.39, 0.29) is 29.2 Å². The van der Waals surface area contributed by atoms with Crippen molar-refractivity contribution in [3.05, 3.63) is 106 Å². The molecule has 3 heterocycles. The summed E-state index contributed by atoms with van der Waals surface area (Å²) in [6.45, 7) is 1.86. The van der Waals surface area contributed by atoms with Gasteiger partial charge in [0.25, 0.3) is 5.92 Å². The Morgan fingerprint density at radius 1 is 1.06 bits per heavy atom. The number of nitrogens with two attached hydrogens (primary N) is 1. The molecule has 0 fully saturated rings. The van der Waals surface area contributed by atoms with Crippen molar-refractivity contribution in [1.82, 2.24) is 25.1 Å². The SMILES string of the molecule is CC(C)(O)C#Cc1ccc(-c2cccc3c(N)nccc23)c(C(Cc2cc(F)cc(F)c2)NC(=O)Cn2nc(C(F)(F)F)c3c2C(F)(F)CC3)n1. The van der Waals surface area contributed by atoms with Crippen molar-refractivity contribution >= 4 is 22.5 Å². The van der Waals surface area contributed by atoms with Gasteiger partial charge in [0.2, 0.25) is 5.91 Å². The maximum atomic E-state index is 14.9. The first kappa shape index (κ1) is 35.3. The number of aliphatic hydroxyl groups is 1. The summed E-state index contributed by atoms with van der Waals surface area (Å²) in [7, 11) is 0. The van der Waals surface area contributed by atoms with Crippen LogP contribution in [0, 0.1) is 23.5 Å². The molecular weight excluding hydrogens is 681 g/mol. The Balaban J connectivity index is 1.50. The summed E-state index contributed by atoms with van der Waals surface area (Å²) in [4.78, 5) is 22.5. The minimum Gasteiger partial charge on any atom is -0.383 e. The minimum absolute atomic E-state index is 0.0655. The van der Waals surface area contributed by atoms with Crippen LogP contribution < -0.4 is 11.1 Å². The van der Waals surface area contributed by atoms with Crippen LogP contribution in [0.2, 0.25) is 0 Å². The van der Waals surface area contributed by atoms with Crippen LogP contribution in [0.3, 0.4) is 0 Å². The summed E-state index contributed by atoms with van der Waals surface area (Å²) in [5.41, 5.74) is 2.77. The Kier molecular flexibility index (Phi) is 9.01. The van der Waals surface area contributed by atoms with E-state index >= 15 is 0 Å². The van der Waals surface area contributed by atoms with E-state index in [2.05, 4.69) is 32.2 Å². The second kappa shape index (κ2) is 13.0. The number of pyridine rings is 2. The summed E-state index contributed by atoms with van der Waals surface area (Å²) < 4.78 is 100. The number of amides is 1. The molecule has 0 aliphatic heterocycles. The molecule has 1 unspecified atom stereocenters. The fourth-order valence-corrected chi connectivity index (χ4v) is 6.16. The van der Waals surface area contributed by atoms with Crippen molar-refractivity contribution in [2.24, 2.45) is 0 Å². The lowest BCUT2D eigenvalue weighted by atomic mass is 9.92. The second-order valence-electron chi connectivity index (χ2n) is 12.7. The first-order valence-corrected chi connectivity index (χ1v) is 15.6. The number of carbonyl (C=O) groups excluding carboxylic acids is 1. The van der Waals surface area contributed by atoms with Gasteiger partial charge in [-0.25, -0.2) is 18.7 Å². The molecule has 0 spiro atoms. The molecule has 15 heteroatoms. The van der Waals surface area contributed by atoms with Crippen molar-refractivity contribution < 1.29 is 40.6 Å². The molecule has 1 aliphatic rings. The molecule has 8 nitrogen and oxygen atoms in total. The van der Waals surface area contributed by atoms with E-state index < -0.39 is 77.6 Å². The molecule has 4 N–H and O–H groups in total. The Morgan fingerprint density at radius 2 is 1.78 bits per heavy atom. The third-order valence-electron chi connectivity index (χ3n) is 8.22. The maximum absolute atomic E-state index is 14.9. The van der Waals surface area contributed by atoms with E-state index in [4.69, 9.17) is 5.73 Å². The highest BCUT2D eigenvalue weighted by atomic mass is 19.4. The van der Waals surface area contributed by atoms with Crippen molar-refractivity contribution in [3.8, 4) is 23.0 Å². The van der Waals surface area contributed by atoms with Crippen LogP contribution in [-0.2, 0) is 36.3 Å². The number of alkyl halides is 5. The lowest BCUT2D eigenvalue weighted by Gasteiger charge is -2.23. The van der Waals surface area contributed by atoms with Crippen LogP contribution in [0.4, 0.5) is 36.6 Å². The number of rotatable bonds is 7. The number of aromatic nitrogens is 4. The molecule has 0 saturated heterocycles. The largest absolute Gasteiger partial charge is 0.435 e. The molecule has 5 aromatic rings. The Morgan fingerprint density at radius 3 is 2.47 bits per heavy atom. The predicted molar refractivity (Wildman–Crippen MR) is 173 cm³/mol. The van der Waals surface area contributed by atoms with E-state index in [9.17, 15) is 40.6 Å². The zero-order chi connectivity index (χ0) is 36.9. The van der Waals surface area contributed by atoms with Crippen LogP contribution in [-0.4, -0.2) is 36.4 Å². The van der Waals surface area contributed by atoms with E-state index in [0.29, 0.717) is 32.6 Å². The minimum atomic E-state index is -5.04. The number of hydrogen-bond donors (Lipinski definition) is 3. The average Bonchev–Trinajstić information content (AvgIpc) is 3.56. The van der Waals surface area contributed by atoms with Crippen LogP contribution in [0.1, 0.15) is 60.2 Å². The Bertz CT molecular complexity index is 2210. The molecule has 6 rings (SSSR count). The number of fused-ring (bicyclic) bond motifs is 2. The van der Waals surface area contributed by atoms with Crippen LogP contribution in [0.25, 0.3) is 21.9 Å². The molecule has 1 aliphatic carbocycles. The quantitative estimate of drug-likeness (QED) is 0.129. The smallest absolute Gasteiger partial charge is 0.383 e. The van der Waals surface area contributed by atoms with E-state index in [1.54, 1.807) is 36.4 Å². The predicted octanol–water partition coefficient (Wildman–Crippen LogP) is 6.63. The summed E-state index contributed by atoms with van der Waals surface area (Å²) in [6.07, 6.45) is -5.33. The summed E-state index contributed by atoms with van der Waals surface area (Å²) >= 11 is 0. The molecule has 3 aromatic heterocycles. The number of nitrogen functional groups attached to an aromatic ring is 1. The van der Waals surface area contributed by atoms with Gasteiger partial charge in [0.15, 0.2) is 5.69 Å². The van der Waals surface area contributed by atoms with Gasteiger partial charge in [-0.2, -0.15) is 27.1 Å². The molecule has 264 valence electrons. The third-order valence-corrected chi connectivity index (χ3v) is 8.22. The van der Waals surface area contributed by atoms with Gasteiger partial charge in [-0.3, -0.25) is 9.48 Å². The molecule has 0 saturated carbocycles. The molecule has 0 bridgehead atoms. The number of halogens is 7. The number of benzene rings is 2. The highest BCUT2D eigenvalue weighted by Crippen LogP contribution is 2.46. The molecule has 1 amide bonds. The Hall–Kier alpha value is -5.49. The number of nitrogens with zero attached hydrogens (tertiary/aromatic N) is 4. The fraction of sp³-hybridized carbons (Fsp3) is 0.278. The zero-order valence-corrected chi connectivity index (χ0v) is 27.0. The first-order valence-electron chi connectivity index (χ1n) is 15.6. The maximum Gasteiger partial charge on any atom is 0.435 e. The highest BCUT2D eigenvalue weighted by Gasteiger charge is 2.50. The van der Waals surface area contributed by atoms with Crippen molar-refractivity contribution in [3.63, 3.8) is 0 Å². The van der Waals surface area contributed by atoms with E-state index in [1.165, 1.54) is 20.0 Å². The van der Waals surface area contributed by atoms with Gasteiger partial charge in [-0.15, -0.1) is 0 Å². The van der Waals surface area contributed by atoms with Crippen LogP contribution in [0.15, 0.2) is 60.8 Å². The van der Waals surface area contributed by atoms with Crippen LogP contribution in [0.5, 0.6) is 0 Å². The van der Waals surface area contributed by atoms with Crippen molar-refractivity contribution in [2.75, 3.05) is 5.73 Å². The topological polar surface area (TPSA) is 119 Å². The Labute approximate surface area is 286 Å². The molecular formula is C36H29F7N6O2. The highest BCUT2D eigenvalue weighted by molar-refractivity contribution is 6.01. The van der Waals surface area contributed by atoms with Gasteiger partial charge in [0, 0.05) is 35.2 Å². The molecule has 1 atom stereocenters. The van der Waals surface area contributed by atoms with E-state index in [0.717, 1.165) is 12.1 Å². The number of anilines is 1. The lowest BCUT2D eigenvalue weighted by Crippen LogP contribution is -2.35. The first-order chi connectivity index (χ1) is 23.9. The molecule has 0 radical (unpaired) electrons. The summed E-state index contributed by atoms with van der Waals surface area (Å²) in [5, 5.41) is 17.4. The second-order valence-corrected chi connectivity index (χ2v) is 12.7. The number of nitrogens with one attached hydrogen (secondary N) is 1. The summed E-state index contributed by atoms with van der Waals surface area (Å²) in [5.74, 6) is -0.921. The van der Waals surface area contributed by atoms with Crippen LogP contribution >= 0.6 is 0 Å². The number of carbonyl (C=O) groups is 1. The standard InChI is InChI=1S/C36H29F7N6O2/c1-34(2,51)11-8-22-6-7-25(23-4-3-5-26-24(23)10-13-45-33(26)44)30(46-22)28(16-19-14-20(37)17-21(38)15-19)47-29(50)18-49-32-27(9-12-35(32,39)40)31(48-49)36(41,42)43/h3-7,10,13-15,17,28,51H,9,12,16,18H2,1-2H3,(H2,44,45)(H,47,50).